The zero-order chi connectivity index (χ0) is 32.4. The Hall–Kier alpha value is -4.06. The number of carbonyl (C=O) groups excluding carboxylic acids is 2. The molecule has 0 spiro atoms. The Morgan fingerprint density at radius 2 is 1.93 bits per heavy atom. The van der Waals surface area contributed by atoms with Crippen LogP contribution in [0.5, 0.6) is 11.5 Å². The summed E-state index contributed by atoms with van der Waals surface area (Å²) in [6.07, 6.45) is 1.24. The summed E-state index contributed by atoms with van der Waals surface area (Å²) < 4.78 is 40.7. The number of aryl methyl sites for hydroxylation is 1. The van der Waals surface area contributed by atoms with E-state index >= 15 is 4.39 Å². The maximum atomic E-state index is 15.3. The van der Waals surface area contributed by atoms with Crippen molar-refractivity contribution < 1.29 is 33.0 Å². The molecule has 4 N–H and O–H groups in total. The van der Waals surface area contributed by atoms with E-state index in [1.807, 2.05) is 0 Å². The molecule has 0 saturated heterocycles. The fourth-order valence-electron chi connectivity index (χ4n) is 5.63. The molecule has 2 amide bonds. The van der Waals surface area contributed by atoms with E-state index in [0.717, 1.165) is 12.1 Å². The molecule has 0 bridgehead atoms. The number of amides is 2. The first kappa shape index (κ1) is 30.9. The van der Waals surface area contributed by atoms with Gasteiger partial charge in [-0.1, -0.05) is 23.2 Å². The summed E-state index contributed by atoms with van der Waals surface area (Å²) in [5.74, 6) is -3.17. The highest BCUT2D eigenvalue weighted by atomic mass is 35.5. The Kier molecular flexibility index (Phi) is 7.62. The zero-order valence-electron chi connectivity index (χ0n) is 24.4. The van der Waals surface area contributed by atoms with Crippen LogP contribution < -0.4 is 20.5 Å². The number of ether oxygens (including phenoxy) is 2. The monoisotopic (exact) mass is 656 g/mol. The number of aliphatic hydroxyl groups is 1. The van der Waals surface area contributed by atoms with Gasteiger partial charge >= 0.3 is 0 Å². The first-order valence-corrected chi connectivity index (χ1v) is 14.8. The largest absolute Gasteiger partial charge is 0.494 e. The molecule has 2 aromatic heterocycles. The number of nitrogens with zero attached hydrogens (tertiary/aromatic N) is 2. The Morgan fingerprint density at radius 1 is 1.20 bits per heavy atom. The molecule has 1 fully saturated rings. The van der Waals surface area contributed by atoms with Gasteiger partial charge in [0.25, 0.3) is 5.91 Å². The number of primary amides is 1. The first-order chi connectivity index (χ1) is 21.3. The Balaban J connectivity index is 1.42. The molecule has 2 aliphatic rings. The van der Waals surface area contributed by atoms with Crippen LogP contribution in [-0.4, -0.2) is 47.2 Å². The van der Waals surface area contributed by atoms with E-state index in [2.05, 4.69) is 15.3 Å². The van der Waals surface area contributed by atoms with Gasteiger partial charge in [0.15, 0.2) is 5.82 Å². The standard InChI is InChI=1S/C32H28Cl2F2N4O5/c1-14-20(33)9-15-8-16(10-22(44-3)26(15)39-14)29(41)38-12-32(43,17-4-5-17)23-11-19-28(45-13-31(19,2)30(37)42)27(40-23)18-6-7-21(35)24(34)25(18)36/h6-11,17,43H,4-5,12-13H2,1-3H3,(H2,37,42)(H,38,41)/t31-,32+/m0/s1. The molecule has 234 valence electrons. The third-order valence-corrected chi connectivity index (χ3v) is 9.34. The summed E-state index contributed by atoms with van der Waals surface area (Å²) in [4.78, 5) is 35.1. The number of rotatable bonds is 8. The van der Waals surface area contributed by atoms with E-state index in [-0.39, 0.29) is 52.9 Å². The molecule has 2 atom stereocenters. The number of nitrogens with one attached hydrogen (secondary N) is 1. The van der Waals surface area contributed by atoms with Crippen molar-refractivity contribution in [2.24, 2.45) is 11.7 Å². The number of nitrogens with two attached hydrogens (primary N) is 1. The smallest absolute Gasteiger partial charge is 0.251 e. The molecule has 0 radical (unpaired) electrons. The highest BCUT2D eigenvalue weighted by molar-refractivity contribution is 6.32. The fraction of sp³-hybridized carbons (Fsp3) is 0.312. The van der Waals surface area contributed by atoms with E-state index in [9.17, 15) is 19.1 Å². The summed E-state index contributed by atoms with van der Waals surface area (Å²) in [6.45, 7) is 2.88. The number of benzene rings is 2. The second kappa shape index (κ2) is 11.1. The zero-order valence-corrected chi connectivity index (χ0v) is 25.9. The van der Waals surface area contributed by atoms with Gasteiger partial charge in [-0.3, -0.25) is 9.59 Å². The van der Waals surface area contributed by atoms with Crippen molar-refractivity contribution in [2.45, 2.75) is 37.7 Å². The van der Waals surface area contributed by atoms with E-state index in [1.54, 1.807) is 26.0 Å². The molecule has 1 saturated carbocycles. The van der Waals surface area contributed by atoms with Crippen molar-refractivity contribution >= 4 is 45.9 Å². The number of fused-ring (bicyclic) bond motifs is 2. The van der Waals surface area contributed by atoms with Gasteiger partial charge in [-0.05, 0) is 69.0 Å². The number of carbonyl (C=O) groups is 2. The molecule has 1 aliphatic heterocycles. The number of halogens is 4. The van der Waals surface area contributed by atoms with Gasteiger partial charge in [0.05, 0.1) is 30.1 Å². The average Bonchev–Trinajstić information content (AvgIpc) is 3.82. The summed E-state index contributed by atoms with van der Waals surface area (Å²) in [5.41, 5.74) is 4.10. The highest BCUT2D eigenvalue weighted by Crippen LogP contribution is 2.50. The molecule has 9 nitrogen and oxygen atoms in total. The Morgan fingerprint density at radius 3 is 2.60 bits per heavy atom. The van der Waals surface area contributed by atoms with Gasteiger partial charge in [-0.2, -0.15) is 0 Å². The molecular weight excluding hydrogens is 629 g/mol. The molecule has 1 aliphatic carbocycles. The summed E-state index contributed by atoms with van der Waals surface area (Å²) in [7, 11) is 1.46. The van der Waals surface area contributed by atoms with Gasteiger partial charge in [0.2, 0.25) is 5.91 Å². The van der Waals surface area contributed by atoms with Crippen molar-refractivity contribution in [3.63, 3.8) is 0 Å². The van der Waals surface area contributed by atoms with Crippen LogP contribution >= 0.6 is 23.2 Å². The first-order valence-electron chi connectivity index (χ1n) is 14.1. The van der Waals surface area contributed by atoms with E-state index in [4.69, 9.17) is 38.4 Å². The minimum atomic E-state index is -1.75. The van der Waals surface area contributed by atoms with E-state index in [0.29, 0.717) is 40.2 Å². The van der Waals surface area contributed by atoms with Crippen LogP contribution in [0.3, 0.4) is 0 Å². The van der Waals surface area contributed by atoms with Crippen LogP contribution in [0, 0.1) is 24.5 Å². The lowest BCUT2D eigenvalue weighted by Gasteiger charge is -2.30. The molecule has 3 heterocycles. The molecule has 2 aromatic carbocycles. The van der Waals surface area contributed by atoms with Crippen LogP contribution in [0.4, 0.5) is 8.78 Å². The van der Waals surface area contributed by atoms with Crippen molar-refractivity contribution in [3.8, 4) is 22.8 Å². The van der Waals surface area contributed by atoms with Crippen LogP contribution in [0.1, 0.15) is 47.1 Å². The second-order valence-corrected chi connectivity index (χ2v) is 12.4. The van der Waals surface area contributed by atoms with Crippen LogP contribution in [0.15, 0.2) is 36.4 Å². The van der Waals surface area contributed by atoms with Crippen LogP contribution in [0.25, 0.3) is 22.2 Å². The number of methoxy groups -OCH3 is 1. The molecule has 13 heteroatoms. The van der Waals surface area contributed by atoms with Gasteiger partial charge in [0.1, 0.15) is 51.2 Å². The van der Waals surface area contributed by atoms with Gasteiger partial charge < -0.3 is 25.6 Å². The van der Waals surface area contributed by atoms with E-state index < -0.39 is 39.5 Å². The van der Waals surface area contributed by atoms with Crippen molar-refractivity contribution in [2.75, 3.05) is 20.3 Å². The van der Waals surface area contributed by atoms with Crippen LogP contribution in [-0.2, 0) is 15.8 Å². The Labute approximate surface area is 266 Å². The minimum absolute atomic E-state index is 0.0550. The quantitative estimate of drug-likeness (QED) is 0.217. The topological polar surface area (TPSA) is 137 Å². The fourth-order valence-corrected chi connectivity index (χ4v) is 5.95. The lowest BCUT2D eigenvalue weighted by molar-refractivity contribution is -0.123. The third-order valence-electron chi connectivity index (χ3n) is 8.62. The van der Waals surface area contributed by atoms with Crippen molar-refractivity contribution in [1.82, 2.24) is 15.3 Å². The summed E-state index contributed by atoms with van der Waals surface area (Å²) in [6, 6.07) is 8.48. The maximum Gasteiger partial charge on any atom is 0.251 e. The maximum absolute atomic E-state index is 15.3. The van der Waals surface area contributed by atoms with Gasteiger partial charge in [-0.25, -0.2) is 18.7 Å². The molecular formula is C32H28Cl2F2N4O5. The van der Waals surface area contributed by atoms with E-state index in [1.165, 1.54) is 19.2 Å². The van der Waals surface area contributed by atoms with Gasteiger partial charge in [-0.15, -0.1) is 0 Å². The number of hydrogen-bond acceptors (Lipinski definition) is 7. The SMILES string of the molecule is COc1cc(C(=O)NC[C@](O)(c2cc3c(c(-c4ccc(F)c(Cl)c4F)n2)OC[C@]3(C)C(N)=O)C2CC2)cc2cc(Cl)c(C)nc12. The van der Waals surface area contributed by atoms with Crippen LogP contribution in [0.2, 0.25) is 10.0 Å². The van der Waals surface area contributed by atoms with Crippen molar-refractivity contribution in [3.05, 3.63) is 80.6 Å². The summed E-state index contributed by atoms with van der Waals surface area (Å²) in [5, 5.41) is 15.2. The Bertz CT molecular complexity index is 1920. The molecule has 0 unspecified atom stereocenters. The van der Waals surface area contributed by atoms with Gasteiger partial charge in [0, 0.05) is 22.1 Å². The second-order valence-electron chi connectivity index (χ2n) is 11.6. The third kappa shape index (κ3) is 5.12. The number of aromatic nitrogens is 2. The summed E-state index contributed by atoms with van der Waals surface area (Å²) >= 11 is 12.2. The predicted octanol–water partition coefficient (Wildman–Crippen LogP) is 5.36. The lowest BCUT2D eigenvalue weighted by atomic mass is 9.81. The lowest BCUT2D eigenvalue weighted by Crippen LogP contribution is -2.44. The highest BCUT2D eigenvalue weighted by Gasteiger charge is 2.50. The average molecular weight is 658 g/mol. The predicted molar refractivity (Wildman–Crippen MR) is 164 cm³/mol. The molecule has 6 rings (SSSR count). The van der Waals surface area contributed by atoms with Crippen molar-refractivity contribution in [1.29, 1.82) is 0 Å². The molecule has 4 aromatic rings. The number of hydrogen-bond donors (Lipinski definition) is 3. The minimum Gasteiger partial charge on any atom is -0.494 e. The number of pyridine rings is 2. The molecule has 45 heavy (non-hydrogen) atoms. The normalized spacial score (nSPS) is 18.7.